The maximum Gasteiger partial charge on any atom is 0.131 e. The molecule has 49 heavy (non-hydrogen) atoms. The Balaban J connectivity index is 1.32. The fourth-order valence-electron chi connectivity index (χ4n) is 6.27. The molecule has 0 aliphatic heterocycles. The lowest BCUT2D eigenvalue weighted by molar-refractivity contribution is 0.416. The van der Waals surface area contributed by atoms with Crippen LogP contribution < -0.4 is 9.47 Å². The van der Waals surface area contributed by atoms with Crippen molar-refractivity contribution in [1.82, 2.24) is 8.75 Å². The van der Waals surface area contributed by atoms with Crippen LogP contribution in [0.5, 0.6) is 11.5 Å². The van der Waals surface area contributed by atoms with E-state index in [1.165, 1.54) is 0 Å². The average molecular weight is 677 g/mol. The number of rotatable bonds is 12. The van der Waals surface area contributed by atoms with E-state index in [-0.39, 0.29) is 11.6 Å². The second-order valence-corrected chi connectivity index (χ2v) is 14.0. The Morgan fingerprint density at radius 3 is 1.29 bits per heavy atom. The number of fused-ring (bicyclic) bond motifs is 1. The monoisotopic (exact) mass is 676 g/mol. The summed E-state index contributed by atoms with van der Waals surface area (Å²) in [6.45, 7) is 8.70. The molecule has 6 aromatic rings. The summed E-state index contributed by atoms with van der Waals surface area (Å²) in [5.41, 5.74) is 9.38. The quantitative estimate of drug-likeness (QED) is 0.129. The highest BCUT2D eigenvalue weighted by molar-refractivity contribution is 7.00. The van der Waals surface area contributed by atoms with Gasteiger partial charge >= 0.3 is 0 Å². The van der Waals surface area contributed by atoms with Gasteiger partial charge in [-0.25, -0.2) is 8.78 Å². The molecule has 1 aromatic heterocycles. The molecule has 7 heteroatoms. The van der Waals surface area contributed by atoms with Crippen LogP contribution in [0.1, 0.15) is 51.7 Å². The highest BCUT2D eigenvalue weighted by Gasteiger charge is 2.20. The van der Waals surface area contributed by atoms with Gasteiger partial charge in [0.15, 0.2) is 0 Å². The summed E-state index contributed by atoms with van der Waals surface area (Å²) in [5.74, 6) is 1.87. The van der Waals surface area contributed by atoms with Crippen LogP contribution in [0.15, 0.2) is 84.9 Å². The number of ether oxygens (including phenoxy) is 2. The molecule has 6 rings (SSSR count). The number of hydrogen-bond acceptors (Lipinski definition) is 5. The van der Waals surface area contributed by atoms with Crippen LogP contribution in [0, 0.1) is 23.5 Å². The van der Waals surface area contributed by atoms with E-state index in [0.717, 1.165) is 93.0 Å². The minimum Gasteiger partial charge on any atom is -0.496 e. The summed E-state index contributed by atoms with van der Waals surface area (Å²) in [7, 11) is 3.24. The minimum absolute atomic E-state index is 0.243. The van der Waals surface area contributed by atoms with Crippen molar-refractivity contribution in [3.05, 3.63) is 108 Å². The first-order valence-electron chi connectivity index (χ1n) is 16.9. The Morgan fingerprint density at radius 2 is 0.918 bits per heavy atom. The molecule has 0 atom stereocenters. The van der Waals surface area contributed by atoms with Crippen LogP contribution in [0.4, 0.5) is 8.78 Å². The van der Waals surface area contributed by atoms with Crippen molar-refractivity contribution < 1.29 is 18.3 Å². The Kier molecular flexibility index (Phi) is 10.4. The number of halogens is 2. The molecule has 0 radical (unpaired) electrons. The van der Waals surface area contributed by atoms with Crippen molar-refractivity contribution in [2.24, 2.45) is 11.8 Å². The van der Waals surface area contributed by atoms with Crippen molar-refractivity contribution in [1.29, 1.82) is 0 Å². The molecular formula is C42H42F2N2O2S. The van der Waals surface area contributed by atoms with Crippen molar-refractivity contribution >= 4 is 22.8 Å². The highest BCUT2D eigenvalue weighted by Crippen LogP contribution is 2.43. The first-order chi connectivity index (χ1) is 23.7. The molecule has 5 aromatic carbocycles. The first-order valence-corrected chi connectivity index (χ1v) is 17.6. The maximum atomic E-state index is 15.3. The Hall–Kier alpha value is -4.62. The summed E-state index contributed by atoms with van der Waals surface area (Å²) in [6.07, 6.45) is 3.74. The van der Waals surface area contributed by atoms with Gasteiger partial charge < -0.3 is 9.47 Å². The third kappa shape index (κ3) is 7.37. The molecule has 0 bridgehead atoms. The van der Waals surface area contributed by atoms with Crippen LogP contribution in [0.2, 0.25) is 0 Å². The number of aryl methyl sites for hydroxylation is 2. The van der Waals surface area contributed by atoms with Crippen molar-refractivity contribution in [3.63, 3.8) is 0 Å². The van der Waals surface area contributed by atoms with E-state index in [1.807, 2.05) is 72.8 Å². The van der Waals surface area contributed by atoms with Crippen LogP contribution in [0.3, 0.4) is 0 Å². The molecule has 0 unspecified atom stereocenters. The fraction of sp³-hybridized carbons (Fsp3) is 0.286. The summed E-state index contributed by atoms with van der Waals surface area (Å²) < 4.78 is 51.6. The minimum atomic E-state index is -0.243. The standard InChI is InChI=1S/C42H42F2N2O2S/c1-25(2)7-9-27-11-15-31(37(43)21-27)29-13-17-33(39(23-29)47-5)35-19-20-36(42-41(35)45-49-46-42)34-18-14-30(24-40(34)48-6)32-16-12-28(22-38(32)44)10-8-26(3)4/h11-26H,7-10H2,1-6H3. The normalized spacial score (nSPS) is 11.6. The Labute approximate surface area is 292 Å². The van der Waals surface area contributed by atoms with E-state index in [1.54, 1.807) is 26.4 Å². The van der Waals surface area contributed by atoms with Crippen molar-refractivity contribution in [2.75, 3.05) is 14.2 Å². The van der Waals surface area contributed by atoms with E-state index in [2.05, 4.69) is 36.4 Å². The number of hydrogen-bond donors (Lipinski definition) is 0. The van der Waals surface area contributed by atoms with Gasteiger partial charge in [-0.2, -0.15) is 8.75 Å². The van der Waals surface area contributed by atoms with E-state index in [4.69, 9.17) is 9.47 Å². The van der Waals surface area contributed by atoms with Gasteiger partial charge in [-0.3, -0.25) is 0 Å². The van der Waals surface area contributed by atoms with Crippen molar-refractivity contribution in [2.45, 2.75) is 53.4 Å². The van der Waals surface area contributed by atoms with Crippen molar-refractivity contribution in [3.8, 4) is 56.0 Å². The van der Waals surface area contributed by atoms with E-state index < -0.39 is 0 Å². The lowest BCUT2D eigenvalue weighted by atomic mass is 9.93. The topological polar surface area (TPSA) is 44.2 Å². The summed E-state index contributed by atoms with van der Waals surface area (Å²) in [4.78, 5) is 0. The van der Waals surface area contributed by atoms with Crippen LogP contribution in [0.25, 0.3) is 55.5 Å². The molecule has 4 nitrogen and oxygen atoms in total. The molecule has 252 valence electrons. The number of benzene rings is 5. The first kappa shape index (κ1) is 34.3. The Morgan fingerprint density at radius 1 is 0.531 bits per heavy atom. The molecule has 0 saturated carbocycles. The zero-order chi connectivity index (χ0) is 34.7. The maximum absolute atomic E-state index is 15.3. The lowest BCUT2D eigenvalue weighted by Crippen LogP contribution is -1.96. The summed E-state index contributed by atoms with van der Waals surface area (Å²) in [6, 6.07) is 26.5. The van der Waals surface area contributed by atoms with E-state index in [0.29, 0.717) is 34.5 Å². The largest absolute Gasteiger partial charge is 0.496 e. The number of aromatic nitrogens is 2. The Bertz CT molecular complexity index is 1960. The van der Waals surface area contributed by atoms with Gasteiger partial charge in [0, 0.05) is 33.4 Å². The number of methoxy groups -OCH3 is 2. The van der Waals surface area contributed by atoms with Crippen LogP contribution >= 0.6 is 11.7 Å². The fourth-order valence-corrected chi connectivity index (χ4v) is 6.84. The van der Waals surface area contributed by atoms with Gasteiger partial charge in [-0.15, -0.1) is 0 Å². The molecule has 0 aliphatic carbocycles. The molecule has 0 aliphatic rings. The van der Waals surface area contributed by atoms with E-state index in [9.17, 15) is 0 Å². The third-order valence-electron chi connectivity index (χ3n) is 9.11. The molecule has 0 amide bonds. The second-order valence-electron chi connectivity index (χ2n) is 13.4. The zero-order valence-corrected chi connectivity index (χ0v) is 29.8. The number of nitrogens with zero attached hydrogens (tertiary/aromatic N) is 2. The zero-order valence-electron chi connectivity index (χ0n) is 28.9. The molecule has 0 saturated heterocycles. The predicted octanol–water partition coefficient (Wildman–Crippen LogP) is 11.8. The average Bonchev–Trinajstić information content (AvgIpc) is 3.59. The SMILES string of the molecule is COc1cc(-c2ccc(CCC(C)C)cc2F)ccc1-c1ccc(-c2ccc(-c3ccc(CCC(C)C)cc3F)cc2OC)c2nsnc12. The van der Waals surface area contributed by atoms with Gasteiger partial charge in [-0.05, 0) is 96.2 Å². The lowest BCUT2D eigenvalue weighted by Gasteiger charge is -2.15. The molecule has 0 N–H and O–H groups in total. The molecule has 0 spiro atoms. The molecule has 0 fully saturated rings. The molecule has 1 heterocycles. The molecular weight excluding hydrogens is 635 g/mol. The van der Waals surface area contributed by atoms with Gasteiger partial charge in [0.2, 0.25) is 0 Å². The van der Waals surface area contributed by atoms with Gasteiger partial charge in [-0.1, -0.05) is 76.2 Å². The summed E-state index contributed by atoms with van der Waals surface area (Å²) >= 11 is 1.13. The summed E-state index contributed by atoms with van der Waals surface area (Å²) in [5, 5.41) is 0. The van der Waals surface area contributed by atoms with E-state index >= 15 is 8.78 Å². The smallest absolute Gasteiger partial charge is 0.131 e. The van der Waals surface area contributed by atoms with Crippen LogP contribution in [-0.2, 0) is 12.8 Å². The third-order valence-corrected chi connectivity index (χ3v) is 9.64. The van der Waals surface area contributed by atoms with Crippen LogP contribution in [-0.4, -0.2) is 23.0 Å². The highest BCUT2D eigenvalue weighted by atomic mass is 32.1. The van der Waals surface area contributed by atoms with Gasteiger partial charge in [0.25, 0.3) is 0 Å². The van der Waals surface area contributed by atoms with Gasteiger partial charge in [0.1, 0.15) is 34.2 Å². The second kappa shape index (κ2) is 14.9. The predicted molar refractivity (Wildman–Crippen MR) is 198 cm³/mol. The van der Waals surface area contributed by atoms with Gasteiger partial charge in [0.05, 0.1) is 25.9 Å².